The number of likely N-dealkylation sites (N-methyl/N-ethyl adjacent to an activating group) is 1. The van der Waals surface area contributed by atoms with Crippen molar-refractivity contribution >= 4 is 17.7 Å². The normalized spacial score (nSPS) is 18.5. The van der Waals surface area contributed by atoms with Gasteiger partial charge in [-0.15, -0.1) is 0 Å². The van der Waals surface area contributed by atoms with Crippen LogP contribution in [0.5, 0.6) is 0 Å². The van der Waals surface area contributed by atoms with Gasteiger partial charge in [-0.1, -0.05) is 48.5 Å². The van der Waals surface area contributed by atoms with Crippen LogP contribution in [-0.4, -0.2) is 61.4 Å². The summed E-state index contributed by atoms with van der Waals surface area (Å²) in [5, 5.41) is 0. The zero-order valence-corrected chi connectivity index (χ0v) is 17.8. The molecule has 2 aromatic rings. The first-order chi connectivity index (χ1) is 14.9. The molecular formula is C24H27FN2O4. The Balaban J connectivity index is 1.84. The maximum absolute atomic E-state index is 14.8. The molecule has 2 aromatic carbocycles. The molecule has 1 heterocycles. The first kappa shape index (κ1) is 22.6. The fraction of sp³-hybridized carbons (Fsp3) is 0.375. The predicted octanol–water partition coefficient (Wildman–Crippen LogP) is 2.56. The lowest BCUT2D eigenvalue weighted by atomic mass is 9.75. The minimum atomic E-state index is -1.55. The van der Waals surface area contributed by atoms with Crippen LogP contribution in [-0.2, 0) is 31.0 Å². The lowest BCUT2D eigenvalue weighted by molar-refractivity contribution is -0.143. The number of hydrogen-bond acceptors (Lipinski definition) is 4. The summed E-state index contributed by atoms with van der Waals surface area (Å²) in [7, 11) is 3.13. The van der Waals surface area contributed by atoms with Gasteiger partial charge in [0.15, 0.2) is 0 Å². The maximum Gasteiger partial charge on any atom is 0.241 e. The van der Waals surface area contributed by atoms with Crippen LogP contribution < -0.4 is 0 Å². The third-order valence-electron chi connectivity index (χ3n) is 5.77. The molecule has 0 N–H and O–H groups in total. The summed E-state index contributed by atoms with van der Waals surface area (Å²) in [5.41, 5.74) is -0.379. The van der Waals surface area contributed by atoms with E-state index in [0.717, 1.165) is 10.5 Å². The van der Waals surface area contributed by atoms with Crippen molar-refractivity contribution in [3.8, 4) is 0 Å². The third kappa shape index (κ3) is 4.82. The van der Waals surface area contributed by atoms with Crippen LogP contribution in [0.3, 0.4) is 0 Å². The molecule has 6 nitrogen and oxygen atoms in total. The Morgan fingerprint density at radius 2 is 1.81 bits per heavy atom. The first-order valence-corrected chi connectivity index (χ1v) is 10.3. The topological polar surface area (TPSA) is 66.9 Å². The van der Waals surface area contributed by atoms with Gasteiger partial charge < -0.3 is 9.64 Å². The number of imide groups is 1. The maximum atomic E-state index is 14.8. The Morgan fingerprint density at radius 1 is 1.13 bits per heavy atom. The molecule has 164 valence electrons. The highest BCUT2D eigenvalue weighted by Gasteiger charge is 2.54. The Morgan fingerprint density at radius 3 is 2.48 bits per heavy atom. The number of nitrogens with zero attached hydrogens (tertiary/aromatic N) is 2. The van der Waals surface area contributed by atoms with Crippen molar-refractivity contribution in [1.82, 2.24) is 9.80 Å². The van der Waals surface area contributed by atoms with Crippen LogP contribution in [0, 0.1) is 5.82 Å². The average molecular weight is 426 g/mol. The lowest BCUT2D eigenvalue weighted by Crippen LogP contribution is -2.44. The molecule has 1 atom stereocenters. The number of hydrogen-bond donors (Lipinski definition) is 0. The van der Waals surface area contributed by atoms with E-state index in [4.69, 9.17) is 4.74 Å². The molecule has 0 bridgehead atoms. The molecule has 1 unspecified atom stereocenters. The number of halogens is 1. The zero-order valence-electron chi connectivity index (χ0n) is 17.8. The highest BCUT2D eigenvalue weighted by molar-refractivity contribution is 6.10. The molecule has 31 heavy (non-hydrogen) atoms. The van der Waals surface area contributed by atoms with E-state index in [-0.39, 0.29) is 37.5 Å². The van der Waals surface area contributed by atoms with E-state index in [0.29, 0.717) is 13.0 Å². The summed E-state index contributed by atoms with van der Waals surface area (Å²) in [6, 6.07) is 15.6. The van der Waals surface area contributed by atoms with Gasteiger partial charge in [-0.25, -0.2) is 4.39 Å². The van der Waals surface area contributed by atoms with E-state index in [1.807, 2.05) is 30.3 Å². The van der Waals surface area contributed by atoms with E-state index >= 15 is 0 Å². The fourth-order valence-corrected chi connectivity index (χ4v) is 3.96. The Kier molecular flexibility index (Phi) is 7.17. The molecule has 0 spiro atoms. The first-order valence-electron chi connectivity index (χ1n) is 10.3. The third-order valence-corrected chi connectivity index (χ3v) is 5.77. The summed E-state index contributed by atoms with van der Waals surface area (Å²) in [4.78, 5) is 41.7. The van der Waals surface area contributed by atoms with Gasteiger partial charge >= 0.3 is 0 Å². The fourth-order valence-electron chi connectivity index (χ4n) is 3.96. The van der Waals surface area contributed by atoms with Gasteiger partial charge in [0, 0.05) is 39.1 Å². The zero-order chi connectivity index (χ0) is 22.4. The van der Waals surface area contributed by atoms with Crippen molar-refractivity contribution in [3.63, 3.8) is 0 Å². The van der Waals surface area contributed by atoms with Crippen LogP contribution in [0.4, 0.5) is 4.39 Å². The summed E-state index contributed by atoms with van der Waals surface area (Å²) >= 11 is 0. The number of ether oxygens (including phenoxy) is 1. The molecule has 7 heteroatoms. The number of benzene rings is 2. The quantitative estimate of drug-likeness (QED) is 0.578. The second kappa shape index (κ2) is 9.83. The molecule has 1 saturated heterocycles. The minimum Gasteiger partial charge on any atom is -0.383 e. The molecule has 1 aliphatic rings. The summed E-state index contributed by atoms with van der Waals surface area (Å²) in [6.07, 6.45) is 0.143. The van der Waals surface area contributed by atoms with E-state index in [2.05, 4.69) is 0 Å². The van der Waals surface area contributed by atoms with Crippen LogP contribution in [0.25, 0.3) is 0 Å². The van der Waals surface area contributed by atoms with Gasteiger partial charge in [0.25, 0.3) is 0 Å². The molecule has 3 amide bonds. The van der Waals surface area contributed by atoms with Crippen LogP contribution in [0.1, 0.15) is 24.0 Å². The minimum absolute atomic E-state index is 0.0718. The van der Waals surface area contributed by atoms with Gasteiger partial charge in [-0.3, -0.25) is 19.3 Å². The number of carbonyl (C=O) groups is 3. The Labute approximate surface area is 181 Å². The van der Waals surface area contributed by atoms with Crippen molar-refractivity contribution in [3.05, 3.63) is 71.5 Å². The summed E-state index contributed by atoms with van der Waals surface area (Å²) in [5.74, 6) is -1.89. The van der Waals surface area contributed by atoms with Gasteiger partial charge in [0.1, 0.15) is 5.82 Å². The molecule has 0 aliphatic carbocycles. The average Bonchev–Trinajstić information content (AvgIpc) is 3.01. The molecule has 1 fully saturated rings. The number of carbonyl (C=O) groups excluding carboxylic acids is 3. The van der Waals surface area contributed by atoms with Gasteiger partial charge in [0.05, 0.1) is 18.6 Å². The van der Waals surface area contributed by atoms with Crippen molar-refractivity contribution in [2.45, 2.75) is 24.7 Å². The van der Waals surface area contributed by atoms with Crippen LogP contribution >= 0.6 is 0 Å². The van der Waals surface area contributed by atoms with E-state index in [1.54, 1.807) is 13.1 Å². The SMILES string of the molecule is COCCN1C(=O)CC(CC(=O)N(C)CCc2ccccc2)(c2ccccc2F)C1=O. The van der Waals surface area contributed by atoms with E-state index in [1.165, 1.54) is 30.2 Å². The summed E-state index contributed by atoms with van der Waals surface area (Å²) in [6.45, 7) is 0.698. The van der Waals surface area contributed by atoms with Crippen LogP contribution in [0.2, 0.25) is 0 Å². The Bertz CT molecular complexity index is 950. The smallest absolute Gasteiger partial charge is 0.241 e. The number of rotatable bonds is 9. The standard InChI is InChI=1S/C24H27FN2O4/c1-26(13-12-18-8-4-3-5-9-18)21(28)16-24(19-10-6-7-11-20(19)25)17-22(29)27(23(24)30)14-15-31-2/h3-11H,12-17H2,1-2H3. The predicted molar refractivity (Wildman–Crippen MR) is 114 cm³/mol. The number of likely N-dealkylation sites (tertiary alicyclic amines) is 1. The largest absolute Gasteiger partial charge is 0.383 e. The molecular weight excluding hydrogens is 399 g/mol. The molecule has 3 rings (SSSR count). The number of amides is 3. The van der Waals surface area contributed by atoms with Gasteiger partial charge in [-0.2, -0.15) is 0 Å². The van der Waals surface area contributed by atoms with E-state index in [9.17, 15) is 18.8 Å². The highest BCUT2D eigenvalue weighted by atomic mass is 19.1. The highest BCUT2D eigenvalue weighted by Crippen LogP contribution is 2.41. The Hall–Kier alpha value is -3.06. The van der Waals surface area contributed by atoms with Gasteiger partial charge in [-0.05, 0) is 18.1 Å². The second-order valence-corrected chi connectivity index (χ2v) is 7.81. The summed E-state index contributed by atoms with van der Waals surface area (Å²) < 4.78 is 19.8. The molecule has 1 aliphatic heterocycles. The number of methoxy groups -OCH3 is 1. The molecule has 0 saturated carbocycles. The second-order valence-electron chi connectivity index (χ2n) is 7.81. The van der Waals surface area contributed by atoms with Crippen molar-refractivity contribution < 1.29 is 23.5 Å². The lowest BCUT2D eigenvalue weighted by Gasteiger charge is -2.29. The van der Waals surface area contributed by atoms with Crippen molar-refractivity contribution in [2.24, 2.45) is 0 Å². The molecule has 0 aromatic heterocycles. The molecule has 0 radical (unpaired) electrons. The van der Waals surface area contributed by atoms with Crippen LogP contribution in [0.15, 0.2) is 54.6 Å². The monoisotopic (exact) mass is 426 g/mol. The van der Waals surface area contributed by atoms with Gasteiger partial charge in [0.2, 0.25) is 17.7 Å². The van der Waals surface area contributed by atoms with E-state index < -0.39 is 23.0 Å². The van der Waals surface area contributed by atoms with Crippen molar-refractivity contribution in [2.75, 3.05) is 33.9 Å². The van der Waals surface area contributed by atoms with Crippen molar-refractivity contribution in [1.29, 1.82) is 0 Å².